The van der Waals surface area contributed by atoms with E-state index in [0.29, 0.717) is 0 Å². The van der Waals surface area contributed by atoms with Crippen LogP contribution in [0.3, 0.4) is 0 Å². The fourth-order valence-electron chi connectivity index (χ4n) is 1.17. The fraction of sp³-hybridized carbons (Fsp3) is 0. The number of benzene rings is 1. The number of furan rings is 1. The summed E-state index contributed by atoms with van der Waals surface area (Å²) in [5.74, 6) is -3.21. The summed E-state index contributed by atoms with van der Waals surface area (Å²) < 4.78 is 43.8. The topological polar surface area (TPSA) is 13.1 Å². The van der Waals surface area contributed by atoms with Crippen LogP contribution in [0.4, 0.5) is 13.2 Å². The van der Waals surface area contributed by atoms with Gasteiger partial charge in [-0.25, -0.2) is 13.2 Å². The molecule has 0 aliphatic heterocycles. The zero-order valence-electron chi connectivity index (χ0n) is 6.93. The minimum absolute atomic E-state index is 0.0282. The van der Waals surface area contributed by atoms with E-state index in [0.717, 1.165) is 12.1 Å². The van der Waals surface area contributed by atoms with Crippen LogP contribution < -0.4 is 0 Å². The van der Waals surface area contributed by atoms with Crippen molar-refractivity contribution in [2.24, 2.45) is 0 Å². The largest absolute Gasteiger partial charge is 0.464 e. The van der Waals surface area contributed by atoms with E-state index in [4.69, 9.17) is 4.42 Å². The van der Waals surface area contributed by atoms with Gasteiger partial charge in [0.2, 0.25) is 0 Å². The lowest BCUT2D eigenvalue weighted by atomic mass is 10.1. The predicted octanol–water partition coefficient (Wildman–Crippen LogP) is 3.36. The molecule has 0 amide bonds. The summed E-state index contributed by atoms with van der Waals surface area (Å²) in [6.45, 7) is 0. The van der Waals surface area contributed by atoms with Crippen molar-refractivity contribution < 1.29 is 17.6 Å². The summed E-state index contributed by atoms with van der Waals surface area (Å²) in [5, 5.41) is 0. The Kier molecular flexibility index (Phi) is 2.04. The molecule has 14 heavy (non-hydrogen) atoms. The smallest absolute Gasteiger partial charge is 0.172 e. The third-order valence-electron chi connectivity index (χ3n) is 1.81. The van der Waals surface area contributed by atoms with E-state index in [2.05, 4.69) is 0 Å². The Morgan fingerprint density at radius 3 is 2.29 bits per heavy atom. The Hall–Kier alpha value is -1.71. The highest BCUT2D eigenvalue weighted by atomic mass is 19.2. The van der Waals surface area contributed by atoms with Crippen molar-refractivity contribution in [2.75, 3.05) is 0 Å². The molecule has 72 valence electrons. The first-order chi connectivity index (χ1) is 6.70. The molecule has 0 radical (unpaired) electrons. The summed E-state index contributed by atoms with van der Waals surface area (Å²) in [5.41, 5.74) is -0.477. The van der Waals surface area contributed by atoms with Gasteiger partial charge in [0, 0.05) is 0 Å². The van der Waals surface area contributed by atoms with Gasteiger partial charge in [-0.1, -0.05) is 0 Å². The monoisotopic (exact) mass is 198 g/mol. The quantitative estimate of drug-likeness (QED) is 0.640. The molecule has 0 fully saturated rings. The van der Waals surface area contributed by atoms with Crippen molar-refractivity contribution in [2.45, 2.75) is 0 Å². The van der Waals surface area contributed by atoms with Gasteiger partial charge in [-0.2, -0.15) is 0 Å². The average molecular weight is 198 g/mol. The molecule has 0 bridgehead atoms. The highest BCUT2D eigenvalue weighted by Gasteiger charge is 2.17. The molecule has 1 aromatic carbocycles. The van der Waals surface area contributed by atoms with E-state index in [9.17, 15) is 13.2 Å². The van der Waals surface area contributed by atoms with Crippen LogP contribution in [0, 0.1) is 17.5 Å². The minimum Gasteiger partial charge on any atom is -0.464 e. The van der Waals surface area contributed by atoms with Gasteiger partial charge in [-0.3, -0.25) is 0 Å². The Morgan fingerprint density at radius 1 is 0.929 bits per heavy atom. The lowest BCUT2D eigenvalue weighted by Gasteiger charge is -2.01. The maximum Gasteiger partial charge on any atom is 0.172 e. The second kappa shape index (κ2) is 3.21. The van der Waals surface area contributed by atoms with Crippen molar-refractivity contribution in [3.05, 3.63) is 48.0 Å². The number of rotatable bonds is 1. The third kappa shape index (κ3) is 1.28. The van der Waals surface area contributed by atoms with Gasteiger partial charge in [-0.05, 0) is 24.3 Å². The predicted molar refractivity (Wildman–Crippen MR) is 44.0 cm³/mol. The molecule has 0 N–H and O–H groups in total. The zero-order valence-corrected chi connectivity index (χ0v) is 6.93. The minimum atomic E-state index is -1.24. The van der Waals surface area contributed by atoms with E-state index < -0.39 is 23.0 Å². The molecule has 0 unspecified atom stereocenters. The Balaban J connectivity index is 2.69. The second-order valence-corrected chi connectivity index (χ2v) is 2.70. The molecular formula is C10H5F3O. The Bertz CT molecular complexity index is 449. The lowest BCUT2D eigenvalue weighted by molar-refractivity contribution is 0.489. The van der Waals surface area contributed by atoms with Crippen LogP contribution in [-0.2, 0) is 0 Å². The first-order valence-corrected chi connectivity index (χ1v) is 3.87. The maximum atomic E-state index is 13.2. The second-order valence-electron chi connectivity index (χ2n) is 2.70. The van der Waals surface area contributed by atoms with Gasteiger partial charge in [-0.15, -0.1) is 0 Å². The van der Waals surface area contributed by atoms with Crippen LogP contribution in [-0.4, -0.2) is 0 Å². The van der Waals surface area contributed by atoms with Crippen molar-refractivity contribution in [1.29, 1.82) is 0 Å². The number of halogens is 3. The standard InChI is InChI=1S/C10H5F3O/c11-6-3-4-7(12)10(13)9(6)8-2-1-5-14-8/h1-5H. The summed E-state index contributed by atoms with van der Waals surface area (Å²) in [4.78, 5) is 0. The molecule has 0 saturated carbocycles. The van der Waals surface area contributed by atoms with Crippen LogP contribution in [0.5, 0.6) is 0 Å². The lowest BCUT2D eigenvalue weighted by Crippen LogP contribution is -1.92. The SMILES string of the molecule is Fc1ccc(F)c(-c2ccco2)c1F. The molecular weight excluding hydrogens is 193 g/mol. The first-order valence-electron chi connectivity index (χ1n) is 3.87. The van der Waals surface area contributed by atoms with Crippen LogP contribution >= 0.6 is 0 Å². The van der Waals surface area contributed by atoms with Gasteiger partial charge in [0.05, 0.1) is 11.8 Å². The number of hydrogen-bond acceptors (Lipinski definition) is 1. The Labute approximate surface area is 77.8 Å². The molecule has 2 rings (SSSR count). The molecule has 0 aliphatic rings. The molecule has 0 spiro atoms. The molecule has 0 aliphatic carbocycles. The van der Waals surface area contributed by atoms with Gasteiger partial charge in [0.15, 0.2) is 11.6 Å². The van der Waals surface area contributed by atoms with Crippen LogP contribution in [0.1, 0.15) is 0 Å². The molecule has 1 heterocycles. The maximum absolute atomic E-state index is 13.2. The van der Waals surface area contributed by atoms with E-state index in [1.165, 1.54) is 18.4 Å². The molecule has 2 aromatic rings. The van der Waals surface area contributed by atoms with Gasteiger partial charge in [0.25, 0.3) is 0 Å². The molecule has 0 atom stereocenters. The van der Waals surface area contributed by atoms with Crippen molar-refractivity contribution >= 4 is 0 Å². The van der Waals surface area contributed by atoms with Crippen LogP contribution in [0.25, 0.3) is 11.3 Å². The van der Waals surface area contributed by atoms with Crippen molar-refractivity contribution in [3.8, 4) is 11.3 Å². The van der Waals surface area contributed by atoms with E-state index in [1.54, 1.807) is 0 Å². The van der Waals surface area contributed by atoms with Gasteiger partial charge < -0.3 is 4.42 Å². The van der Waals surface area contributed by atoms with Gasteiger partial charge in [0.1, 0.15) is 11.6 Å². The highest BCUT2D eigenvalue weighted by Crippen LogP contribution is 2.27. The van der Waals surface area contributed by atoms with Crippen molar-refractivity contribution in [1.82, 2.24) is 0 Å². The Morgan fingerprint density at radius 2 is 1.64 bits per heavy atom. The van der Waals surface area contributed by atoms with E-state index in [1.807, 2.05) is 0 Å². The fourth-order valence-corrected chi connectivity index (χ4v) is 1.17. The van der Waals surface area contributed by atoms with Gasteiger partial charge >= 0.3 is 0 Å². The third-order valence-corrected chi connectivity index (χ3v) is 1.81. The molecule has 4 heteroatoms. The summed E-state index contributed by atoms with van der Waals surface area (Å²) >= 11 is 0. The molecule has 1 nitrogen and oxygen atoms in total. The summed E-state index contributed by atoms with van der Waals surface area (Å²) in [6, 6.07) is 4.42. The van der Waals surface area contributed by atoms with E-state index >= 15 is 0 Å². The van der Waals surface area contributed by atoms with E-state index in [-0.39, 0.29) is 5.76 Å². The van der Waals surface area contributed by atoms with Crippen LogP contribution in [0.15, 0.2) is 34.9 Å². The summed E-state index contributed by atoms with van der Waals surface area (Å²) in [7, 11) is 0. The normalized spacial score (nSPS) is 10.5. The van der Waals surface area contributed by atoms with Crippen molar-refractivity contribution in [3.63, 3.8) is 0 Å². The molecule has 1 aromatic heterocycles. The van der Waals surface area contributed by atoms with Crippen LogP contribution in [0.2, 0.25) is 0 Å². The average Bonchev–Trinajstić information content (AvgIpc) is 2.65. The zero-order chi connectivity index (χ0) is 10.1. The highest BCUT2D eigenvalue weighted by molar-refractivity contribution is 5.58. The molecule has 0 saturated heterocycles. The first kappa shape index (κ1) is 8.87. The number of hydrogen-bond donors (Lipinski definition) is 0. The summed E-state index contributed by atoms with van der Waals surface area (Å²) in [6.07, 6.45) is 1.26.